The zero-order valence-corrected chi connectivity index (χ0v) is 10.9. The van der Waals surface area contributed by atoms with E-state index in [0.717, 1.165) is 17.8 Å². The van der Waals surface area contributed by atoms with Crippen LogP contribution in [-0.2, 0) is 12.6 Å². The molecule has 2 rings (SSSR count). The number of hydrogen-bond acceptors (Lipinski definition) is 3. The third-order valence-electron chi connectivity index (χ3n) is 2.81. The van der Waals surface area contributed by atoms with Crippen molar-refractivity contribution in [2.45, 2.75) is 12.6 Å². The first-order chi connectivity index (χ1) is 10.0. The van der Waals surface area contributed by atoms with Gasteiger partial charge in [0, 0.05) is 23.9 Å². The Kier molecular flexibility index (Phi) is 4.57. The molecule has 0 spiro atoms. The van der Waals surface area contributed by atoms with Crippen LogP contribution in [0.1, 0.15) is 21.6 Å². The van der Waals surface area contributed by atoms with E-state index in [-0.39, 0.29) is 18.6 Å². The van der Waals surface area contributed by atoms with E-state index in [1.54, 1.807) is 18.3 Å². The van der Waals surface area contributed by atoms with Gasteiger partial charge in [-0.3, -0.25) is 9.78 Å². The van der Waals surface area contributed by atoms with Crippen LogP contribution in [-0.4, -0.2) is 17.9 Å². The lowest BCUT2D eigenvalue weighted by Gasteiger charge is -2.12. The van der Waals surface area contributed by atoms with Gasteiger partial charge in [-0.1, -0.05) is 6.07 Å². The second-order valence-corrected chi connectivity index (χ2v) is 4.28. The largest absolute Gasteiger partial charge is 0.493 e. The Hall–Kier alpha value is -2.37. The third kappa shape index (κ3) is 4.05. The lowest BCUT2D eigenvalue weighted by molar-refractivity contribution is -0.137. The number of carbonyl (C=O) groups is 1. The van der Waals surface area contributed by atoms with E-state index in [9.17, 15) is 18.0 Å². The smallest absolute Gasteiger partial charge is 0.417 e. The molecule has 0 aliphatic heterocycles. The van der Waals surface area contributed by atoms with Gasteiger partial charge in [-0.05, 0) is 30.3 Å². The number of rotatable bonds is 5. The van der Waals surface area contributed by atoms with Gasteiger partial charge in [0.05, 0.1) is 12.2 Å². The topological polar surface area (TPSA) is 39.2 Å². The minimum Gasteiger partial charge on any atom is -0.493 e. The summed E-state index contributed by atoms with van der Waals surface area (Å²) in [6, 6.07) is 8.69. The molecule has 0 radical (unpaired) electrons. The summed E-state index contributed by atoms with van der Waals surface area (Å²) >= 11 is 0. The fourth-order valence-electron chi connectivity index (χ4n) is 1.79. The number of hydrogen-bond donors (Lipinski definition) is 0. The molecular formula is C15H12F3NO2. The summed E-state index contributed by atoms with van der Waals surface area (Å²) in [6.45, 7) is 0.203. The van der Waals surface area contributed by atoms with E-state index < -0.39 is 17.3 Å². The molecule has 0 saturated heterocycles. The maximum absolute atomic E-state index is 12.8. The second-order valence-electron chi connectivity index (χ2n) is 4.28. The molecular weight excluding hydrogens is 283 g/mol. The first kappa shape index (κ1) is 15.0. The molecule has 0 atom stereocenters. The van der Waals surface area contributed by atoms with Gasteiger partial charge in [0.1, 0.15) is 5.75 Å². The van der Waals surface area contributed by atoms with Crippen LogP contribution >= 0.6 is 0 Å². The number of pyridine rings is 1. The maximum Gasteiger partial charge on any atom is 0.417 e. The highest BCUT2D eigenvalue weighted by Crippen LogP contribution is 2.33. The molecule has 6 heteroatoms. The van der Waals surface area contributed by atoms with Crippen molar-refractivity contribution in [3.63, 3.8) is 0 Å². The van der Waals surface area contributed by atoms with Gasteiger partial charge >= 0.3 is 6.18 Å². The number of aromatic nitrogens is 1. The van der Waals surface area contributed by atoms with Gasteiger partial charge in [-0.2, -0.15) is 13.2 Å². The SMILES string of the molecule is O=Cc1ccc(OCCc2ccccn2)cc1C(F)(F)F. The molecule has 110 valence electrons. The summed E-state index contributed by atoms with van der Waals surface area (Å²) in [7, 11) is 0. The number of nitrogens with zero attached hydrogens (tertiary/aromatic N) is 1. The fourth-order valence-corrected chi connectivity index (χ4v) is 1.79. The van der Waals surface area contributed by atoms with Crippen LogP contribution in [0.4, 0.5) is 13.2 Å². The summed E-state index contributed by atoms with van der Waals surface area (Å²) in [6.07, 6.45) is -2.29. The van der Waals surface area contributed by atoms with E-state index in [1.807, 2.05) is 6.07 Å². The normalized spacial score (nSPS) is 11.2. The molecule has 1 aromatic heterocycles. The molecule has 2 aromatic rings. The predicted octanol–water partition coefficient (Wildman–Crippen LogP) is 3.53. The number of benzene rings is 1. The monoisotopic (exact) mass is 295 g/mol. The van der Waals surface area contributed by atoms with Crippen molar-refractivity contribution < 1.29 is 22.7 Å². The summed E-state index contributed by atoms with van der Waals surface area (Å²) in [5.74, 6) is 0.0730. The Morgan fingerprint density at radius 1 is 1.19 bits per heavy atom. The molecule has 0 bridgehead atoms. The highest BCUT2D eigenvalue weighted by molar-refractivity contribution is 5.78. The number of carbonyl (C=O) groups excluding carboxylic acids is 1. The summed E-state index contributed by atoms with van der Waals surface area (Å²) in [5.41, 5.74) is -0.606. The van der Waals surface area contributed by atoms with Crippen molar-refractivity contribution in [2.75, 3.05) is 6.61 Å². The Morgan fingerprint density at radius 3 is 2.62 bits per heavy atom. The quantitative estimate of drug-likeness (QED) is 0.792. The van der Waals surface area contributed by atoms with Gasteiger partial charge < -0.3 is 4.74 Å². The molecule has 3 nitrogen and oxygen atoms in total. The molecule has 0 amide bonds. The standard InChI is InChI=1S/C15H12F3NO2/c16-15(17,18)14-9-13(5-4-11(14)10-20)21-8-6-12-3-1-2-7-19-12/h1-5,7,9-10H,6,8H2. The van der Waals surface area contributed by atoms with Crippen LogP contribution in [0.5, 0.6) is 5.75 Å². The lowest BCUT2D eigenvalue weighted by Crippen LogP contribution is -2.10. The van der Waals surface area contributed by atoms with Crippen molar-refractivity contribution in [1.29, 1.82) is 0 Å². The number of aldehydes is 1. The van der Waals surface area contributed by atoms with Gasteiger partial charge in [-0.25, -0.2) is 0 Å². The number of ether oxygens (including phenoxy) is 1. The molecule has 0 unspecified atom stereocenters. The van der Waals surface area contributed by atoms with Gasteiger partial charge in [0.2, 0.25) is 0 Å². The Labute approximate surface area is 119 Å². The molecule has 0 N–H and O–H groups in total. The van der Waals surface area contributed by atoms with E-state index in [4.69, 9.17) is 4.74 Å². The van der Waals surface area contributed by atoms with Gasteiger partial charge in [0.15, 0.2) is 6.29 Å². The first-order valence-electron chi connectivity index (χ1n) is 6.20. The van der Waals surface area contributed by atoms with Crippen LogP contribution in [0.15, 0.2) is 42.6 Å². The van der Waals surface area contributed by atoms with Crippen molar-refractivity contribution in [2.24, 2.45) is 0 Å². The second kappa shape index (κ2) is 6.39. The Morgan fingerprint density at radius 2 is 2.00 bits per heavy atom. The molecule has 0 aliphatic carbocycles. The first-order valence-corrected chi connectivity index (χ1v) is 6.20. The van der Waals surface area contributed by atoms with E-state index in [1.165, 1.54) is 6.07 Å². The minimum absolute atomic E-state index is 0.0730. The molecule has 1 heterocycles. The lowest BCUT2D eigenvalue weighted by atomic mass is 10.1. The van der Waals surface area contributed by atoms with Crippen LogP contribution in [0.2, 0.25) is 0 Å². The molecule has 0 saturated carbocycles. The molecule has 21 heavy (non-hydrogen) atoms. The highest BCUT2D eigenvalue weighted by Gasteiger charge is 2.33. The fraction of sp³-hybridized carbons (Fsp3) is 0.200. The van der Waals surface area contributed by atoms with Crippen LogP contribution in [0.3, 0.4) is 0 Å². The van der Waals surface area contributed by atoms with Crippen LogP contribution in [0, 0.1) is 0 Å². The van der Waals surface area contributed by atoms with Gasteiger partial charge in [-0.15, -0.1) is 0 Å². The summed E-state index contributed by atoms with van der Waals surface area (Å²) in [5, 5.41) is 0. The van der Waals surface area contributed by atoms with Crippen molar-refractivity contribution in [3.8, 4) is 5.75 Å². The number of alkyl halides is 3. The van der Waals surface area contributed by atoms with E-state index in [0.29, 0.717) is 6.42 Å². The summed E-state index contributed by atoms with van der Waals surface area (Å²) < 4.78 is 43.6. The highest BCUT2D eigenvalue weighted by atomic mass is 19.4. The predicted molar refractivity (Wildman–Crippen MR) is 70.3 cm³/mol. The van der Waals surface area contributed by atoms with Crippen LogP contribution in [0.25, 0.3) is 0 Å². The average Bonchev–Trinajstić information content (AvgIpc) is 2.47. The minimum atomic E-state index is -4.59. The summed E-state index contributed by atoms with van der Waals surface area (Å²) in [4.78, 5) is 14.7. The van der Waals surface area contributed by atoms with Crippen LogP contribution < -0.4 is 4.74 Å². The van der Waals surface area contributed by atoms with E-state index in [2.05, 4.69) is 4.98 Å². The van der Waals surface area contributed by atoms with Crippen molar-refractivity contribution in [3.05, 3.63) is 59.4 Å². The van der Waals surface area contributed by atoms with Crippen molar-refractivity contribution in [1.82, 2.24) is 4.98 Å². The molecule has 0 aliphatic rings. The zero-order chi connectivity index (χ0) is 15.3. The van der Waals surface area contributed by atoms with Crippen molar-refractivity contribution >= 4 is 6.29 Å². The third-order valence-corrected chi connectivity index (χ3v) is 2.81. The Balaban J connectivity index is 2.06. The average molecular weight is 295 g/mol. The number of halogens is 3. The van der Waals surface area contributed by atoms with Gasteiger partial charge in [0.25, 0.3) is 0 Å². The zero-order valence-electron chi connectivity index (χ0n) is 10.9. The maximum atomic E-state index is 12.8. The van der Waals surface area contributed by atoms with E-state index >= 15 is 0 Å². The molecule has 0 fully saturated rings. The molecule has 1 aromatic carbocycles. The Bertz CT molecular complexity index is 612.